The van der Waals surface area contributed by atoms with Crippen molar-refractivity contribution in [2.75, 3.05) is 7.05 Å². The molecule has 8 nitrogen and oxygen atoms in total. The van der Waals surface area contributed by atoms with Crippen LogP contribution in [0, 0.1) is 0 Å². The van der Waals surface area contributed by atoms with Gasteiger partial charge in [-0.2, -0.15) is 5.10 Å². The van der Waals surface area contributed by atoms with Crippen molar-refractivity contribution >= 4 is 26.7 Å². The molecule has 1 aromatic heterocycles. The first kappa shape index (κ1) is 18.7. The van der Waals surface area contributed by atoms with Gasteiger partial charge in [0.15, 0.2) is 5.69 Å². The Hall–Kier alpha value is -3.04. The lowest BCUT2D eigenvalue weighted by molar-refractivity contribution is 0.0737. The van der Waals surface area contributed by atoms with E-state index in [2.05, 4.69) is 10.2 Å². The quantitative estimate of drug-likeness (QED) is 0.701. The van der Waals surface area contributed by atoms with Gasteiger partial charge in [0.1, 0.15) is 0 Å². The van der Waals surface area contributed by atoms with E-state index >= 15 is 0 Å². The number of aromatic nitrogens is 2. The van der Waals surface area contributed by atoms with E-state index in [4.69, 9.17) is 5.14 Å². The van der Waals surface area contributed by atoms with Gasteiger partial charge in [0.25, 0.3) is 11.5 Å². The minimum Gasteiger partial charge on any atom is -0.334 e. The molecular formula is C18H18N4O4S. The molecule has 140 valence electrons. The molecule has 3 rings (SSSR count). The van der Waals surface area contributed by atoms with Gasteiger partial charge in [0, 0.05) is 12.4 Å². The number of nitrogens with zero attached hydrogens (tertiary/aromatic N) is 2. The number of hydrogen-bond donors (Lipinski definition) is 2. The Balaban J connectivity index is 1.94. The lowest BCUT2D eigenvalue weighted by Crippen LogP contribution is -2.31. The maximum absolute atomic E-state index is 12.9. The third-order valence-corrected chi connectivity index (χ3v) is 5.42. The molecule has 27 heavy (non-hydrogen) atoms. The highest BCUT2D eigenvalue weighted by atomic mass is 32.2. The highest BCUT2D eigenvalue weighted by Gasteiger charge is 2.23. The highest BCUT2D eigenvalue weighted by Crippen LogP contribution is 2.23. The zero-order chi connectivity index (χ0) is 19.8. The average Bonchev–Trinajstić information content (AvgIpc) is 2.66. The van der Waals surface area contributed by atoms with Crippen LogP contribution in [0.4, 0.5) is 0 Å². The van der Waals surface area contributed by atoms with Crippen molar-refractivity contribution in [3.05, 3.63) is 70.1 Å². The molecule has 9 heteroatoms. The lowest BCUT2D eigenvalue weighted by atomic mass is 10.1. The summed E-state index contributed by atoms with van der Waals surface area (Å²) in [7, 11) is -2.16. The van der Waals surface area contributed by atoms with E-state index in [0.717, 1.165) is 5.56 Å². The first-order chi connectivity index (χ1) is 12.7. The van der Waals surface area contributed by atoms with Gasteiger partial charge in [0.2, 0.25) is 10.0 Å². The third-order valence-electron chi connectivity index (χ3n) is 4.49. The molecule has 0 fully saturated rings. The maximum Gasteiger partial charge on any atom is 0.275 e. The summed E-state index contributed by atoms with van der Waals surface area (Å²) in [6, 6.07) is 12.4. The number of rotatable bonds is 4. The van der Waals surface area contributed by atoms with Gasteiger partial charge in [0.05, 0.1) is 16.3 Å². The molecule has 0 spiro atoms. The fraction of sp³-hybridized carbons (Fsp3) is 0.167. The van der Waals surface area contributed by atoms with E-state index in [-0.39, 0.29) is 28.1 Å². The second kappa shape index (κ2) is 6.93. The van der Waals surface area contributed by atoms with E-state index in [1.165, 1.54) is 17.0 Å². The number of nitrogens with one attached hydrogen (secondary N) is 1. The van der Waals surface area contributed by atoms with Crippen molar-refractivity contribution in [2.24, 2.45) is 5.14 Å². The van der Waals surface area contributed by atoms with E-state index in [1.807, 2.05) is 0 Å². The van der Waals surface area contributed by atoms with Gasteiger partial charge < -0.3 is 4.90 Å². The van der Waals surface area contributed by atoms with Crippen molar-refractivity contribution < 1.29 is 13.2 Å². The van der Waals surface area contributed by atoms with Gasteiger partial charge in [-0.25, -0.2) is 18.7 Å². The Bertz CT molecular complexity index is 1170. The first-order valence-electron chi connectivity index (χ1n) is 8.07. The lowest BCUT2D eigenvalue weighted by Gasteiger charge is -2.25. The molecule has 3 N–H and O–H groups in total. The third kappa shape index (κ3) is 3.60. The molecule has 2 aromatic carbocycles. The minimum absolute atomic E-state index is 0.000671. The number of sulfonamides is 1. The van der Waals surface area contributed by atoms with Gasteiger partial charge in [-0.05, 0) is 30.7 Å². The molecule has 1 heterocycles. The van der Waals surface area contributed by atoms with E-state index in [1.54, 1.807) is 50.4 Å². The second-order valence-corrected chi connectivity index (χ2v) is 7.71. The van der Waals surface area contributed by atoms with Gasteiger partial charge >= 0.3 is 0 Å². The molecule has 0 bridgehead atoms. The predicted octanol–water partition coefficient (Wildman–Crippen LogP) is 1.40. The fourth-order valence-electron chi connectivity index (χ4n) is 2.78. The van der Waals surface area contributed by atoms with Gasteiger partial charge in [-0.3, -0.25) is 9.59 Å². The summed E-state index contributed by atoms with van der Waals surface area (Å²) in [4.78, 5) is 26.3. The Morgan fingerprint density at radius 3 is 2.30 bits per heavy atom. The molecule has 1 unspecified atom stereocenters. The number of primary sulfonamides is 1. The highest BCUT2D eigenvalue weighted by molar-refractivity contribution is 7.89. The van der Waals surface area contributed by atoms with Crippen molar-refractivity contribution in [2.45, 2.75) is 17.9 Å². The number of nitrogens with two attached hydrogens (primary N) is 1. The van der Waals surface area contributed by atoms with E-state index in [0.29, 0.717) is 10.8 Å². The van der Waals surface area contributed by atoms with Crippen LogP contribution in [0.25, 0.3) is 10.8 Å². The summed E-state index contributed by atoms with van der Waals surface area (Å²) >= 11 is 0. The average molecular weight is 386 g/mol. The van der Waals surface area contributed by atoms with Crippen molar-refractivity contribution in [1.29, 1.82) is 0 Å². The van der Waals surface area contributed by atoms with Crippen LogP contribution in [0.3, 0.4) is 0 Å². The number of benzene rings is 2. The number of amides is 1. The Kier molecular flexibility index (Phi) is 4.81. The minimum atomic E-state index is -3.78. The summed E-state index contributed by atoms with van der Waals surface area (Å²) in [5, 5.41) is 12.2. The predicted molar refractivity (Wildman–Crippen MR) is 101 cm³/mol. The molecule has 0 aliphatic carbocycles. The van der Waals surface area contributed by atoms with Crippen molar-refractivity contribution in [3.8, 4) is 0 Å². The molecule has 0 saturated carbocycles. The zero-order valence-corrected chi connectivity index (χ0v) is 15.5. The zero-order valence-electron chi connectivity index (χ0n) is 14.7. The van der Waals surface area contributed by atoms with Crippen LogP contribution in [0.1, 0.15) is 29.0 Å². The van der Waals surface area contributed by atoms with Crippen LogP contribution in [0.5, 0.6) is 0 Å². The smallest absolute Gasteiger partial charge is 0.275 e. The van der Waals surface area contributed by atoms with Crippen LogP contribution in [-0.2, 0) is 10.0 Å². The summed E-state index contributed by atoms with van der Waals surface area (Å²) in [6.45, 7) is 1.80. The number of fused-ring (bicyclic) bond motifs is 1. The number of carbonyl (C=O) groups is 1. The standard InChI is InChI=1S/C18H18N4O4S/c1-11(12-7-9-13(10-8-12)27(19,25)26)22(2)18(24)16-14-5-3-4-6-15(14)17(23)21-20-16/h3-11H,1-2H3,(H,21,23)(H2,19,25,26). The van der Waals surface area contributed by atoms with Gasteiger partial charge in [-0.1, -0.05) is 30.3 Å². The molecule has 0 saturated heterocycles. The van der Waals surface area contributed by atoms with Crippen LogP contribution < -0.4 is 10.7 Å². The topological polar surface area (TPSA) is 126 Å². The van der Waals surface area contributed by atoms with Crippen molar-refractivity contribution in [3.63, 3.8) is 0 Å². The Morgan fingerprint density at radius 2 is 1.70 bits per heavy atom. The van der Waals surface area contributed by atoms with Crippen molar-refractivity contribution in [1.82, 2.24) is 15.1 Å². The number of carbonyl (C=O) groups excluding carboxylic acids is 1. The summed E-state index contributed by atoms with van der Waals surface area (Å²) in [6.07, 6.45) is 0. The first-order valence-corrected chi connectivity index (χ1v) is 9.62. The number of H-pyrrole nitrogens is 1. The van der Waals surface area contributed by atoms with Crippen LogP contribution in [0.15, 0.2) is 58.2 Å². The fourth-order valence-corrected chi connectivity index (χ4v) is 3.30. The van der Waals surface area contributed by atoms with E-state index in [9.17, 15) is 18.0 Å². The maximum atomic E-state index is 12.9. The molecule has 0 radical (unpaired) electrons. The number of aromatic amines is 1. The van der Waals surface area contributed by atoms with Crippen LogP contribution in [0.2, 0.25) is 0 Å². The molecular weight excluding hydrogens is 368 g/mol. The van der Waals surface area contributed by atoms with E-state index < -0.39 is 10.0 Å². The largest absolute Gasteiger partial charge is 0.334 e. The monoisotopic (exact) mass is 386 g/mol. The van der Waals surface area contributed by atoms with Crippen LogP contribution >= 0.6 is 0 Å². The molecule has 3 aromatic rings. The summed E-state index contributed by atoms with van der Waals surface area (Å²) in [5.41, 5.74) is 0.504. The van der Waals surface area contributed by atoms with Crippen LogP contribution in [-0.4, -0.2) is 36.5 Å². The normalized spacial score (nSPS) is 12.7. The number of hydrogen-bond acceptors (Lipinski definition) is 5. The Labute approximate surface area is 155 Å². The Morgan fingerprint density at radius 1 is 1.11 bits per heavy atom. The SMILES string of the molecule is CC(c1ccc(S(N)(=O)=O)cc1)N(C)C(=O)c1n[nH]c(=O)c2ccccc12. The molecule has 1 atom stereocenters. The summed E-state index contributed by atoms with van der Waals surface area (Å²) < 4.78 is 22.7. The molecule has 0 aliphatic rings. The summed E-state index contributed by atoms with van der Waals surface area (Å²) in [5.74, 6) is -0.370. The second-order valence-electron chi connectivity index (χ2n) is 6.15. The molecule has 1 amide bonds. The van der Waals surface area contributed by atoms with Gasteiger partial charge in [-0.15, -0.1) is 0 Å². The molecule has 0 aliphatic heterocycles.